The zero-order valence-corrected chi connectivity index (χ0v) is 10.5. The van der Waals surface area contributed by atoms with E-state index in [4.69, 9.17) is 11.6 Å². The Hall–Kier alpha value is -1.48. The quantitative estimate of drug-likeness (QED) is 0.838. The molecule has 0 amide bonds. The van der Waals surface area contributed by atoms with Crippen LogP contribution in [0.2, 0.25) is 5.02 Å². The van der Waals surface area contributed by atoms with E-state index in [1.807, 2.05) is 24.3 Å². The molecule has 0 radical (unpaired) electrons. The summed E-state index contributed by atoms with van der Waals surface area (Å²) in [4.78, 5) is 4.66. The van der Waals surface area contributed by atoms with Gasteiger partial charge in [-0.2, -0.15) is 0 Å². The van der Waals surface area contributed by atoms with Crippen LogP contribution in [0, 0.1) is 6.92 Å². The summed E-state index contributed by atoms with van der Waals surface area (Å²) in [6, 6.07) is 7.84. The molecule has 0 saturated carbocycles. The van der Waals surface area contributed by atoms with Gasteiger partial charge >= 0.3 is 0 Å². The molecule has 1 aliphatic rings. The number of hydrogen-bond donors (Lipinski definition) is 1. The average molecular weight is 248 g/mol. The van der Waals surface area contributed by atoms with E-state index in [0.29, 0.717) is 0 Å². The summed E-state index contributed by atoms with van der Waals surface area (Å²) in [6.07, 6.45) is 1.16. The Morgan fingerprint density at radius 3 is 2.76 bits per heavy atom. The number of nitrogens with zero attached hydrogens (tertiary/aromatic N) is 2. The smallest absolute Gasteiger partial charge is 0.203 e. The van der Waals surface area contributed by atoms with E-state index in [1.165, 1.54) is 5.69 Å². The number of fused-ring (bicyclic) bond motifs is 1. The van der Waals surface area contributed by atoms with Gasteiger partial charge in [-0.25, -0.2) is 4.98 Å². The Morgan fingerprint density at radius 2 is 2.06 bits per heavy atom. The summed E-state index contributed by atoms with van der Waals surface area (Å²) in [5.74, 6) is 0.985. The topological polar surface area (TPSA) is 29.9 Å². The van der Waals surface area contributed by atoms with Crippen LogP contribution in [0.1, 0.15) is 12.1 Å². The second kappa shape index (κ2) is 4.08. The summed E-state index contributed by atoms with van der Waals surface area (Å²) >= 11 is 5.90. The van der Waals surface area contributed by atoms with E-state index in [2.05, 4.69) is 21.8 Å². The van der Waals surface area contributed by atoms with Gasteiger partial charge in [0.1, 0.15) is 0 Å². The van der Waals surface area contributed by atoms with Crippen molar-refractivity contribution in [1.29, 1.82) is 0 Å². The summed E-state index contributed by atoms with van der Waals surface area (Å²) in [7, 11) is 0. The van der Waals surface area contributed by atoms with Crippen LogP contribution in [-0.2, 0) is 6.54 Å². The highest BCUT2D eigenvalue weighted by Gasteiger charge is 2.17. The van der Waals surface area contributed by atoms with Crippen LogP contribution in [0.15, 0.2) is 24.3 Å². The molecular weight excluding hydrogens is 234 g/mol. The SMILES string of the molecule is Cc1c(-c2ccc(Cl)cc2)nc2n1CCCN2. The van der Waals surface area contributed by atoms with Crippen molar-refractivity contribution in [1.82, 2.24) is 9.55 Å². The van der Waals surface area contributed by atoms with E-state index in [1.54, 1.807) is 0 Å². The van der Waals surface area contributed by atoms with Crippen molar-refractivity contribution < 1.29 is 0 Å². The van der Waals surface area contributed by atoms with E-state index in [0.717, 1.165) is 41.7 Å². The fraction of sp³-hybridized carbons (Fsp3) is 0.308. The second-order valence-corrected chi connectivity index (χ2v) is 4.74. The maximum absolute atomic E-state index is 5.90. The van der Waals surface area contributed by atoms with Crippen LogP contribution in [0.5, 0.6) is 0 Å². The molecule has 0 bridgehead atoms. The van der Waals surface area contributed by atoms with Crippen LogP contribution in [-0.4, -0.2) is 16.1 Å². The lowest BCUT2D eigenvalue weighted by atomic mass is 10.1. The zero-order chi connectivity index (χ0) is 11.8. The third kappa shape index (κ3) is 1.80. The fourth-order valence-corrected chi connectivity index (χ4v) is 2.39. The summed E-state index contributed by atoms with van der Waals surface area (Å²) < 4.78 is 2.24. The highest BCUT2D eigenvalue weighted by Crippen LogP contribution is 2.28. The lowest BCUT2D eigenvalue weighted by Gasteiger charge is -2.16. The first-order valence-electron chi connectivity index (χ1n) is 5.82. The largest absolute Gasteiger partial charge is 0.356 e. The lowest BCUT2D eigenvalue weighted by Crippen LogP contribution is -2.17. The Balaban J connectivity index is 2.09. The van der Waals surface area contributed by atoms with Crippen LogP contribution in [0.4, 0.5) is 5.95 Å². The fourth-order valence-electron chi connectivity index (χ4n) is 2.26. The third-order valence-electron chi connectivity index (χ3n) is 3.18. The maximum Gasteiger partial charge on any atom is 0.203 e. The lowest BCUT2D eigenvalue weighted by molar-refractivity contribution is 0.615. The van der Waals surface area contributed by atoms with Gasteiger partial charge in [-0.15, -0.1) is 0 Å². The van der Waals surface area contributed by atoms with Gasteiger partial charge in [0.15, 0.2) is 0 Å². The van der Waals surface area contributed by atoms with Crippen LogP contribution < -0.4 is 5.32 Å². The number of benzene rings is 1. The number of imidazole rings is 1. The van der Waals surface area contributed by atoms with Crippen molar-refractivity contribution >= 4 is 17.5 Å². The van der Waals surface area contributed by atoms with Gasteiger partial charge in [0.05, 0.1) is 5.69 Å². The number of rotatable bonds is 1. The number of halogens is 1. The Bertz CT molecular complexity index is 543. The third-order valence-corrected chi connectivity index (χ3v) is 3.43. The molecule has 0 atom stereocenters. The monoisotopic (exact) mass is 247 g/mol. The summed E-state index contributed by atoms with van der Waals surface area (Å²) in [5, 5.41) is 4.09. The van der Waals surface area contributed by atoms with Gasteiger partial charge in [-0.1, -0.05) is 23.7 Å². The Labute approximate surface area is 105 Å². The summed E-state index contributed by atoms with van der Waals surface area (Å²) in [5.41, 5.74) is 3.39. The molecule has 3 nitrogen and oxygen atoms in total. The minimum absolute atomic E-state index is 0.758. The van der Waals surface area contributed by atoms with E-state index < -0.39 is 0 Å². The molecule has 0 saturated heterocycles. The number of aromatic nitrogens is 2. The zero-order valence-electron chi connectivity index (χ0n) is 9.70. The van der Waals surface area contributed by atoms with E-state index in [-0.39, 0.29) is 0 Å². The average Bonchev–Trinajstić information content (AvgIpc) is 2.69. The van der Waals surface area contributed by atoms with Crippen molar-refractivity contribution in [3.8, 4) is 11.3 Å². The van der Waals surface area contributed by atoms with Gasteiger partial charge in [-0.05, 0) is 25.5 Å². The van der Waals surface area contributed by atoms with Crippen molar-refractivity contribution in [3.05, 3.63) is 35.0 Å². The molecule has 0 spiro atoms. The van der Waals surface area contributed by atoms with Crippen molar-refractivity contribution in [2.75, 3.05) is 11.9 Å². The molecule has 88 valence electrons. The molecule has 17 heavy (non-hydrogen) atoms. The minimum atomic E-state index is 0.758. The van der Waals surface area contributed by atoms with Crippen molar-refractivity contribution in [2.24, 2.45) is 0 Å². The van der Waals surface area contributed by atoms with Crippen molar-refractivity contribution in [3.63, 3.8) is 0 Å². The highest BCUT2D eigenvalue weighted by molar-refractivity contribution is 6.30. The molecule has 2 heterocycles. The Kier molecular flexibility index (Phi) is 2.56. The molecule has 4 heteroatoms. The predicted octanol–water partition coefficient (Wildman–Crippen LogP) is 3.33. The van der Waals surface area contributed by atoms with Gasteiger partial charge in [-0.3, -0.25) is 0 Å². The first-order chi connectivity index (χ1) is 8.25. The summed E-state index contributed by atoms with van der Waals surface area (Å²) in [6.45, 7) is 4.18. The normalized spacial score (nSPS) is 14.2. The first-order valence-corrected chi connectivity index (χ1v) is 6.20. The standard InChI is InChI=1S/C13H14ClN3/c1-9-12(10-3-5-11(14)6-4-10)16-13-15-7-2-8-17(9)13/h3-6H,2,7-8H2,1H3,(H,15,16). The molecule has 0 fully saturated rings. The van der Waals surface area contributed by atoms with Crippen molar-refractivity contribution in [2.45, 2.75) is 19.9 Å². The molecule has 0 aliphatic carbocycles. The van der Waals surface area contributed by atoms with E-state index >= 15 is 0 Å². The second-order valence-electron chi connectivity index (χ2n) is 4.31. The number of hydrogen-bond acceptors (Lipinski definition) is 2. The maximum atomic E-state index is 5.90. The molecule has 1 aromatic carbocycles. The van der Waals surface area contributed by atoms with Crippen LogP contribution in [0.25, 0.3) is 11.3 Å². The molecular formula is C13H14ClN3. The van der Waals surface area contributed by atoms with Crippen LogP contribution >= 0.6 is 11.6 Å². The van der Waals surface area contributed by atoms with E-state index in [9.17, 15) is 0 Å². The molecule has 2 aromatic rings. The highest BCUT2D eigenvalue weighted by atomic mass is 35.5. The van der Waals surface area contributed by atoms with Gasteiger partial charge in [0.2, 0.25) is 5.95 Å². The van der Waals surface area contributed by atoms with Crippen LogP contribution in [0.3, 0.4) is 0 Å². The minimum Gasteiger partial charge on any atom is -0.356 e. The van der Waals surface area contributed by atoms with Gasteiger partial charge < -0.3 is 9.88 Å². The molecule has 3 rings (SSSR count). The first kappa shape index (κ1) is 10.7. The number of anilines is 1. The van der Waals surface area contributed by atoms with Gasteiger partial charge in [0, 0.05) is 29.4 Å². The number of nitrogens with one attached hydrogen (secondary N) is 1. The predicted molar refractivity (Wildman–Crippen MR) is 70.5 cm³/mol. The molecule has 1 aliphatic heterocycles. The molecule has 1 N–H and O–H groups in total. The molecule has 0 unspecified atom stereocenters. The molecule has 1 aromatic heterocycles. The Morgan fingerprint density at radius 1 is 1.29 bits per heavy atom. The van der Waals surface area contributed by atoms with Gasteiger partial charge in [0.25, 0.3) is 0 Å².